The van der Waals surface area contributed by atoms with Crippen molar-refractivity contribution in [3.05, 3.63) is 65.3 Å². The minimum atomic E-state index is -3.53. The van der Waals surface area contributed by atoms with Crippen LogP contribution >= 0.6 is 22.9 Å². The van der Waals surface area contributed by atoms with E-state index >= 15 is 0 Å². The summed E-state index contributed by atoms with van der Waals surface area (Å²) in [5, 5.41) is 2.56. The highest BCUT2D eigenvalue weighted by atomic mass is 35.5. The first kappa shape index (κ1) is 16.6. The van der Waals surface area contributed by atoms with Crippen LogP contribution in [0.15, 0.2) is 58.9 Å². The third-order valence-electron chi connectivity index (χ3n) is 4.09. The van der Waals surface area contributed by atoms with E-state index < -0.39 is 10.0 Å². The van der Waals surface area contributed by atoms with Crippen molar-refractivity contribution >= 4 is 54.0 Å². The number of nitrogens with one attached hydrogen (secondary N) is 2. The lowest BCUT2D eigenvalue weighted by atomic mass is 10.1. The third kappa shape index (κ3) is 3.30. The number of thiophene rings is 1. The van der Waals surface area contributed by atoms with Crippen molar-refractivity contribution in [2.75, 3.05) is 6.54 Å². The summed E-state index contributed by atoms with van der Waals surface area (Å²) in [5.41, 5.74) is 2.17. The van der Waals surface area contributed by atoms with Crippen LogP contribution in [0.2, 0.25) is 5.02 Å². The molecule has 0 amide bonds. The SMILES string of the molecule is O=S(=O)(NCCc1cccc2[nH]ccc12)c1cc2cc(Cl)ccc2s1. The minimum absolute atomic E-state index is 0.310. The number of sulfonamides is 1. The van der Waals surface area contributed by atoms with Gasteiger partial charge in [-0.3, -0.25) is 0 Å². The Morgan fingerprint density at radius 3 is 2.88 bits per heavy atom. The fourth-order valence-corrected chi connectivity index (χ4v) is 5.52. The molecule has 0 spiro atoms. The van der Waals surface area contributed by atoms with Gasteiger partial charge < -0.3 is 4.98 Å². The highest BCUT2D eigenvalue weighted by Gasteiger charge is 2.17. The van der Waals surface area contributed by atoms with E-state index in [9.17, 15) is 8.42 Å². The van der Waals surface area contributed by atoms with Gasteiger partial charge in [0.1, 0.15) is 4.21 Å². The van der Waals surface area contributed by atoms with E-state index in [1.165, 1.54) is 11.3 Å². The van der Waals surface area contributed by atoms with Crippen LogP contribution in [0.25, 0.3) is 21.0 Å². The summed E-state index contributed by atoms with van der Waals surface area (Å²) in [6, 6.07) is 15.1. The summed E-state index contributed by atoms with van der Waals surface area (Å²) in [5.74, 6) is 0. The van der Waals surface area contributed by atoms with Crippen molar-refractivity contribution in [1.82, 2.24) is 9.71 Å². The average molecular weight is 391 g/mol. The molecule has 2 N–H and O–H groups in total. The van der Waals surface area contributed by atoms with Crippen molar-refractivity contribution in [1.29, 1.82) is 0 Å². The Kier molecular flexibility index (Phi) is 4.29. The van der Waals surface area contributed by atoms with Crippen molar-refractivity contribution in [3.8, 4) is 0 Å². The van der Waals surface area contributed by atoms with Gasteiger partial charge in [0.05, 0.1) is 0 Å². The molecule has 0 saturated carbocycles. The van der Waals surface area contributed by atoms with Crippen molar-refractivity contribution < 1.29 is 8.42 Å². The number of hydrogen-bond donors (Lipinski definition) is 2. The standard InChI is InChI=1S/C18H15ClN2O2S2/c19-14-4-5-17-13(10-14)11-18(24-17)25(22,23)21-9-6-12-2-1-3-16-15(12)7-8-20-16/h1-5,7-8,10-11,20-21H,6,9H2. The number of H-pyrrole nitrogens is 1. The van der Waals surface area contributed by atoms with E-state index in [-0.39, 0.29) is 0 Å². The van der Waals surface area contributed by atoms with Crippen LogP contribution in [0.4, 0.5) is 0 Å². The highest BCUT2D eigenvalue weighted by molar-refractivity contribution is 7.91. The molecule has 0 bridgehead atoms. The smallest absolute Gasteiger partial charge is 0.250 e. The van der Waals surface area contributed by atoms with E-state index in [0.717, 1.165) is 26.6 Å². The highest BCUT2D eigenvalue weighted by Crippen LogP contribution is 2.30. The second-order valence-corrected chi connectivity index (χ2v) is 9.27. The molecule has 2 heterocycles. The summed E-state index contributed by atoms with van der Waals surface area (Å²) in [4.78, 5) is 3.16. The molecule has 128 valence electrons. The van der Waals surface area contributed by atoms with E-state index in [1.807, 2.05) is 36.5 Å². The van der Waals surface area contributed by atoms with Gasteiger partial charge in [0.15, 0.2) is 0 Å². The maximum Gasteiger partial charge on any atom is 0.250 e. The number of aromatic amines is 1. The Morgan fingerprint density at radius 1 is 1.12 bits per heavy atom. The number of rotatable bonds is 5. The van der Waals surface area contributed by atoms with Crippen LogP contribution in [0.3, 0.4) is 0 Å². The van der Waals surface area contributed by atoms with Gasteiger partial charge in [0, 0.05) is 33.4 Å². The van der Waals surface area contributed by atoms with E-state index in [4.69, 9.17) is 11.6 Å². The van der Waals surface area contributed by atoms with Gasteiger partial charge in [-0.2, -0.15) is 0 Å². The van der Waals surface area contributed by atoms with Gasteiger partial charge in [-0.05, 0) is 53.8 Å². The molecule has 25 heavy (non-hydrogen) atoms. The zero-order chi connectivity index (χ0) is 17.4. The monoisotopic (exact) mass is 390 g/mol. The van der Waals surface area contributed by atoms with E-state index in [2.05, 4.69) is 9.71 Å². The van der Waals surface area contributed by atoms with Crippen LogP contribution < -0.4 is 4.72 Å². The summed E-state index contributed by atoms with van der Waals surface area (Å²) >= 11 is 7.22. The summed E-state index contributed by atoms with van der Waals surface area (Å²) in [7, 11) is -3.53. The molecule has 0 unspecified atom stereocenters. The largest absolute Gasteiger partial charge is 0.361 e. The first-order chi connectivity index (χ1) is 12.0. The van der Waals surface area contributed by atoms with Gasteiger partial charge in [0.2, 0.25) is 10.0 Å². The molecule has 0 saturated heterocycles. The van der Waals surface area contributed by atoms with Gasteiger partial charge in [-0.25, -0.2) is 13.1 Å². The van der Waals surface area contributed by atoms with Gasteiger partial charge >= 0.3 is 0 Å². The molecule has 4 rings (SSSR count). The van der Waals surface area contributed by atoms with Crippen LogP contribution in [0, 0.1) is 0 Å². The van der Waals surface area contributed by atoms with Gasteiger partial charge in [-0.15, -0.1) is 11.3 Å². The molecule has 4 nitrogen and oxygen atoms in total. The number of hydrogen-bond acceptors (Lipinski definition) is 3. The molecule has 0 atom stereocenters. The molecule has 2 aromatic carbocycles. The fraction of sp³-hybridized carbons (Fsp3) is 0.111. The number of benzene rings is 2. The Bertz CT molecular complexity index is 1160. The first-order valence-corrected chi connectivity index (χ1v) is 10.4. The lowest BCUT2D eigenvalue weighted by Crippen LogP contribution is -2.25. The lowest BCUT2D eigenvalue weighted by molar-refractivity contribution is 0.584. The first-order valence-electron chi connectivity index (χ1n) is 7.77. The van der Waals surface area contributed by atoms with E-state index in [1.54, 1.807) is 18.2 Å². The predicted molar refractivity (Wildman–Crippen MR) is 104 cm³/mol. The van der Waals surface area contributed by atoms with Gasteiger partial charge in [-0.1, -0.05) is 23.7 Å². The average Bonchev–Trinajstić information content (AvgIpc) is 3.21. The zero-order valence-electron chi connectivity index (χ0n) is 13.1. The minimum Gasteiger partial charge on any atom is -0.361 e. The molecule has 0 radical (unpaired) electrons. The Hall–Kier alpha value is -1.86. The Labute approximate surface area is 154 Å². The Balaban J connectivity index is 1.52. The molecule has 0 fully saturated rings. The molecular formula is C18H15ClN2O2S2. The molecule has 7 heteroatoms. The maximum atomic E-state index is 12.6. The molecule has 0 aliphatic heterocycles. The number of halogens is 1. The molecule has 4 aromatic rings. The molecule has 0 aliphatic carbocycles. The summed E-state index contributed by atoms with van der Waals surface area (Å²) in [6.45, 7) is 0.349. The topological polar surface area (TPSA) is 62.0 Å². The number of aromatic nitrogens is 1. The predicted octanol–water partition coefficient (Wildman–Crippen LogP) is 4.56. The second-order valence-electron chi connectivity index (χ2n) is 5.75. The normalized spacial score (nSPS) is 12.2. The van der Waals surface area contributed by atoms with Crippen molar-refractivity contribution in [2.45, 2.75) is 10.6 Å². The zero-order valence-corrected chi connectivity index (χ0v) is 15.5. The Morgan fingerprint density at radius 2 is 2.00 bits per heavy atom. The summed E-state index contributed by atoms with van der Waals surface area (Å²) in [6.07, 6.45) is 2.52. The van der Waals surface area contributed by atoms with Crippen molar-refractivity contribution in [3.63, 3.8) is 0 Å². The van der Waals surface area contributed by atoms with E-state index in [0.29, 0.717) is 22.2 Å². The van der Waals surface area contributed by atoms with Crippen LogP contribution in [-0.2, 0) is 16.4 Å². The lowest BCUT2D eigenvalue weighted by Gasteiger charge is -2.06. The molecular weight excluding hydrogens is 376 g/mol. The molecule has 0 aliphatic rings. The fourth-order valence-electron chi connectivity index (χ4n) is 2.88. The van der Waals surface area contributed by atoms with Crippen LogP contribution in [0.5, 0.6) is 0 Å². The maximum absolute atomic E-state index is 12.6. The number of fused-ring (bicyclic) bond motifs is 2. The quantitative estimate of drug-likeness (QED) is 0.524. The van der Waals surface area contributed by atoms with Crippen LogP contribution in [0.1, 0.15) is 5.56 Å². The third-order valence-corrected chi connectivity index (χ3v) is 7.38. The van der Waals surface area contributed by atoms with Crippen LogP contribution in [-0.4, -0.2) is 19.9 Å². The molecule has 2 aromatic heterocycles. The summed E-state index contributed by atoms with van der Waals surface area (Å²) < 4.78 is 29.0. The van der Waals surface area contributed by atoms with Gasteiger partial charge in [0.25, 0.3) is 0 Å². The second kappa shape index (κ2) is 6.46. The van der Waals surface area contributed by atoms with Crippen molar-refractivity contribution in [2.24, 2.45) is 0 Å².